The fraction of sp³-hybridized carbons (Fsp3) is 0.294. The van der Waals surface area contributed by atoms with Crippen LogP contribution in [0.1, 0.15) is 30.4 Å². The molecule has 0 saturated heterocycles. The summed E-state index contributed by atoms with van der Waals surface area (Å²) in [6.07, 6.45) is 0.803. The predicted molar refractivity (Wildman–Crippen MR) is 83.3 cm³/mol. The van der Waals surface area contributed by atoms with E-state index < -0.39 is 6.10 Å². The SMILES string of the molecule is CC(CC(O)Cc1ccc(F)c(Br)c1)c1ccccc1. The molecule has 0 aliphatic carbocycles. The summed E-state index contributed by atoms with van der Waals surface area (Å²) in [5.41, 5.74) is 2.16. The molecular weight excluding hydrogens is 319 g/mol. The molecule has 0 bridgehead atoms. The van der Waals surface area contributed by atoms with Crippen molar-refractivity contribution >= 4 is 15.9 Å². The van der Waals surface area contributed by atoms with Crippen LogP contribution in [0.25, 0.3) is 0 Å². The molecule has 0 saturated carbocycles. The molecule has 0 amide bonds. The van der Waals surface area contributed by atoms with Crippen molar-refractivity contribution in [2.24, 2.45) is 0 Å². The summed E-state index contributed by atoms with van der Waals surface area (Å²) in [4.78, 5) is 0. The molecule has 2 rings (SSSR count). The third kappa shape index (κ3) is 4.15. The van der Waals surface area contributed by atoms with Gasteiger partial charge in [0.05, 0.1) is 10.6 Å². The molecule has 0 aromatic heterocycles. The van der Waals surface area contributed by atoms with E-state index in [0.717, 1.165) is 5.56 Å². The van der Waals surface area contributed by atoms with E-state index in [9.17, 15) is 9.50 Å². The van der Waals surface area contributed by atoms with Crippen molar-refractivity contribution < 1.29 is 9.50 Å². The molecule has 1 N–H and O–H groups in total. The van der Waals surface area contributed by atoms with Crippen molar-refractivity contribution in [1.82, 2.24) is 0 Å². The van der Waals surface area contributed by atoms with E-state index in [1.807, 2.05) is 18.2 Å². The van der Waals surface area contributed by atoms with Gasteiger partial charge in [-0.15, -0.1) is 0 Å². The van der Waals surface area contributed by atoms with Gasteiger partial charge in [-0.25, -0.2) is 4.39 Å². The quantitative estimate of drug-likeness (QED) is 0.840. The van der Waals surface area contributed by atoms with Crippen molar-refractivity contribution in [2.45, 2.75) is 31.8 Å². The summed E-state index contributed by atoms with van der Waals surface area (Å²) in [6, 6.07) is 15.0. The predicted octanol–water partition coefficient (Wildman–Crippen LogP) is 4.69. The van der Waals surface area contributed by atoms with Gasteiger partial charge in [-0.05, 0) is 57.9 Å². The third-order valence-corrected chi connectivity index (χ3v) is 4.06. The lowest BCUT2D eigenvalue weighted by atomic mass is 9.92. The smallest absolute Gasteiger partial charge is 0.137 e. The molecule has 2 aromatic carbocycles. The second-order valence-electron chi connectivity index (χ2n) is 5.15. The van der Waals surface area contributed by atoms with Crippen LogP contribution in [-0.2, 0) is 6.42 Å². The highest BCUT2D eigenvalue weighted by molar-refractivity contribution is 9.10. The van der Waals surface area contributed by atoms with Gasteiger partial charge in [0, 0.05) is 0 Å². The molecule has 106 valence electrons. The Kier molecular flexibility index (Phi) is 5.32. The minimum absolute atomic E-state index is 0.277. The standard InChI is InChI=1S/C17H18BrFO/c1-12(14-5-3-2-4-6-14)9-15(20)10-13-7-8-17(19)16(18)11-13/h2-8,11-12,15,20H,9-10H2,1H3. The highest BCUT2D eigenvalue weighted by Crippen LogP contribution is 2.23. The number of benzene rings is 2. The molecule has 0 spiro atoms. The van der Waals surface area contributed by atoms with Crippen LogP contribution in [0.5, 0.6) is 0 Å². The van der Waals surface area contributed by atoms with Crippen molar-refractivity contribution in [3.8, 4) is 0 Å². The Morgan fingerprint density at radius 1 is 1.15 bits per heavy atom. The van der Waals surface area contributed by atoms with Crippen LogP contribution < -0.4 is 0 Å². The summed E-state index contributed by atoms with van der Waals surface area (Å²) < 4.78 is 13.6. The first-order valence-corrected chi connectivity index (χ1v) is 7.52. The van der Waals surface area contributed by atoms with Crippen LogP contribution in [0.2, 0.25) is 0 Å². The van der Waals surface area contributed by atoms with E-state index in [-0.39, 0.29) is 5.82 Å². The van der Waals surface area contributed by atoms with Crippen molar-refractivity contribution in [1.29, 1.82) is 0 Å². The van der Waals surface area contributed by atoms with Crippen LogP contribution in [0.3, 0.4) is 0 Å². The molecule has 3 heteroatoms. The second kappa shape index (κ2) is 7.00. The summed E-state index contributed by atoms with van der Waals surface area (Å²) >= 11 is 3.17. The molecule has 20 heavy (non-hydrogen) atoms. The van der Waals surface area contributed by atoms with Gasteiger partial charge in [0.1, 0.15) is 5.82 Å². The molecule has 0 aliphatic heterocycles. The lowest BCUT2D eigenvalue weighted by Gasteiger charge is -2.17. The van der Waals surface area contributed by atoms with Gasteiger partial charge in [-0.3, -0.25) is 0 Å². The maximum absolute atomic E-state index is 13.2. The van der Waals surface area contributed by atoms with E-state index in [2.05, 4.69) is 35.0 Å². The Bertz CT molecular complexity index is 556. The average molecular weight is 337 g/mol. The van der Waals surface area contributed by atoms with E-state index in [1.165, 1.54) is 11.6 Å². The fourth-order valence-corrected chi connectivity index (χ4v) is 2.77. The van der Waals surface area contributed by atoms with Gasteiger partial charge in [-0.2, -0.15) is 0 Å². The molecular formula is C17H18BrFO. The van der Waals surface area contributed by atoms with Crippen LogP contribution in [0.15, 0.2) is 53.0 Å². The highest BCUT2D eigenvalue weighted by atomic mass is 79.9. The fourth-order valence-electron chi connectivity index (χ4n) is 2.35. The number of hydrogen-bond acceptors (Lipinski definition) is 1. The molecule has 0 heterocycles. The van der Waals surface area contributed by atoms with Crippen LogP contribution >= 0.6 is 15.9 Å². The van der Waals surface area contributed by atoms with Gasteiger partial charge in [0.2, 0.25) is 0 Å². The summed E-state index contributed by atoms with van der Waals surface area (Å²) in [5.74, 6) is 0.0241. The largest absolute Gasteiger partial charge is 0.393 e. The lowest BCUT2D eigenvalue weighted by Crippen LogP contribution is -2.14. The number of rotatable bonds is 5. The molecule has 0 aliphatic rings. The Hall–Kier alpha value is -1.19. The van der Waals surface area contributed by atoms with E-state index in [0.29, 0.717) is 23.2 Å². The minimum atomic E-state index is -0.428. The van der Waals surface area contributed by atoms with Gasteiger partial charge >= 0.3 is 0 Å². The summed E-state index contributed by atoms with van der Waals surface area (Å²) in [5, 5.41) is 10.2. The van der Waals surface area contributed by atoms with E-state index in [1.54, 1.807) is 12.1 Å². The monoisotopic (exact) mass is 336 g/mol. The number of aliphatic hydroxyl groups excluding tert-OH is 1. The van der Waals surface area contributed by atoms with Crippen LogP contribution in [-0.4, -0.2) is 11.2 Å². The number of hydrogen-bond donors (Lipinski definition) is 1. The van der Waals surface area contributed by atoms with Gasteiger partial charge in [0.15, 0.2) is 0 Å². The molecule has 2 aromatic rings. The van der Waals surface area contributed by atoms with Crippen molar-refractivity contribution in [3.05, 3.63) is 69.9 Å². The van der Waals surface area contributed by atoms with Gasteiger partial charge < -0.3 is 5.11 Å². The topological polar surface area (TPSA) is 20.2 Å². The third-order valence-electron chi connectivity index (χ3n) is 3.45. The summed E-state index contributed by atoms with van der Waals surface area (Å²) in [7, 11) is 0. The van der Waals surface area contributed by atoms with Gasteiger partial charge in [0.25, 0.3) is 0 Å². The molecule has 2 unspecified atom stereocenters. The Morgan fingerprint density at radius 2 is 1.85 bits per heavy atom. The maximum Gasteiger partial charge on any atom is 0.137 e. The average Bonchev–Trinajstić information content (AvgIpc) is 2.44. The minimum Gasteiger partial charge on any atom is -0.393 e. The highest BCUT2D eigenvalue weighted by Gasteiger charge is 2.13. The lowest BCUT2D eigenvalue weighted by molar-refractivity contribution is 0.157. The molecule has 0 radical (unpaired) electrons. The zero-order chi connectivity index (χ0) is 14.5. The molecule has 2 atom stereocenters. The van der Waals surface area contributed by atoms with Crippen LogP contribution in [0, 0.1) is 5.82 Å². The maximum atomic E-state index is 13.2. The zero-order valence-electron chi connectivity index (χ0n) is 11.4. The first kappa shape index (κ1) is 15.2. The first-order valence-electron chi connectivity index (χ1n) is 6.73. The summed E-state index contributed by atoms with van der Waals surface area (Å²) in [6.45, 7) is 2.11. The van der Waals surface area contributed by atoms with Crippen molar-refractivity contribution in [2.75, 3.05) is 0 Å². The Balaban J connectivity index is 1.95. The molecule has 0 fully saturated rings. The van der Waals surface area contributed by atoms with Crippen molar-refractivity contribution in [3.63, 3.8) is 0 Å². The number of halogens is 2. The Labute approximate surface area is 127 Å². The zero-order valence-corrected chi connectivity index (χ0v) is 13.0. The van der Waals surface area contributed by atoms with E-state index >= 15 is 0 Å². The number of aliphatic hydroxyl groups is 1. The normalized spacial score (nSPS) is 14.0. The van der Waals surface area contributed by atoms with Gasteiger partial charge in [-0.1, -0.05) is 43.3 Å². The van der Waals surface area contributed by atoms with Crippen LogP contribution in [0.4, 0.5) is 4.39 Å². The second-order valence-corrected chi connectivity index (χ2v) is 6.01. The Morgan fingerprint density at radius 3 is 2.50 bits per heavy atom. The first-order chi connectivity index (χ1) is 9.56. The molecule has 1 nitrogen and oxygen atoms in total. The van der Waals surface area contributed by atoms with E-state index in [4.69, 9.17) is 0 Å².